The van der Waals surface area contributed by atoms with Crippen LogP contribution in [0, 0.1) is 0 Å². The lowest BCUT2D eigenvalue weighted by Crippen LogP contribution is -2.08. The van der Waals surface area contributed by atoms with E-state index in [1.807, 2.05) is 13.2 Å². The average molecular weight is 246 g/mol. The fraction of sp³-hybridized carbons (Fsp3) is 0.417. The van der Waals surface area contributed by atoms with Crippen molar-refractivity contribution in [3.8, 4) is 5.69 Å². The monoisotopic (exact) mass is 246 g/mol. The van der Waals surface area contributed by atoms with Gasteiger partial charge in [-0.25, -0.2) is 9.48 Å². The topological polar surface area (TPSA) is 72.9 Å². The van der Waals surface area contributed by atoms with Gasteiger partial charge in [-0.15, -0.1) is 0 Å². The summed E-state index contributed by atoms with van der Waals surface area (Å²) in [6, 6.07) is 0. The van der Waals surface area contributed by atoms with Crippen molar-refractivity contribution >= 4 is 5.97 Å². The SMILES string of the molecule is Cn1cc(-n2nc(C(=O)O)c3c2CCCC3)cn1. The molecule has 0 aliphatic heterocycles. The van der Waals surface area contributed by atoms with Crippen LogP contribution < -0.4 is 0 Å². The molecule has 2 aromatic rings. The third kappa shape index (κ3) is 1.61. The largest absolute Gasteiger partial charge is 0.476 e. The van der Waals surface area contributed by atoms with Gasteiger partial charge in [0, 0.05) is 18.3 Å². The van der Waals surface area contributed by atoms with Crippen molar-refractivity contribution in [2.75, 3.05) is 0 Å². The Balaban J connectivity index is 2.18. The van der Waals surface area contributed by atoms with E-state index in [4.69, 9.17) is 0 Å². The van der Waals surface area contributed by atoms with Crippen molar-refractivity contribution in [1.29, 1.82) is 0 Å². The zero-order valence-corrected chi connectivity index (χ0v) is 10.1. The summed E-state index contributed by atoms with van der Waals surface area (Å²) in [6.07, 6.45) is 7.34. The van der Waals surface area contributed by atoms with Crippen LogP contribution >= 0.6 is 0 Å². The fourth-order valence-electron chi connectivity index (χ4n) is 2.50. The number of hydrogen-bond acceptors (Lipinski definition) is 3. The van der Waals surface area contributed by atoms with Crippen molar-refractivity contribution < 1.29 is 9.90 Å². The molecule has 0 saturated carbocycles. The molecule has 0 amide bonds. The summed E-state index contributed by atoms with van der Waals surface area (Å²) in [5.41, 5.74) is 2.92. The highest BCUT2D eigenvalue weighted by atomic mass is 16.4. The first-order chi connectivity index (χ1) is 8.66. The summed E-state index contributed by atoms with van der Waals surface area (Å²) in [5.74, 6) is -0.948. The Morgan fingerprint density at radius 1 is 1.39 bits per heavy atom. The van der Waals surface area contributed by atoms with Crippen LogP contribution in [0.15, 0.2) is 12.4 Å². The molecule has 1 aliphatic carbocycles. The van der Waals surface area contributed by atoms with Gasteiger partial charge in [-0.3, -0.25) is 4.68 Å². The van der Waals surface area contributed by atoms with Crippen LogP contribution in [0.1, 0.15) is 34.6 Å². The van der Waals surface area contributed by atoms with Crippen LogP contribution in [-0.4, -0.2) is 30.6 Å². The predicted molar refractivity (Wildman–Crippen MR) is 63.9 cm³/mol. The molecule has 3 rings (SSSR count). The van der Waals surface area contributed by atoms with Gasteiger partial charge in [-0.05, 0) is 25.7 Å². The van der Waals surface area contributed by atoms with E-state index in [9.17, 15) is 9.90 Å². The second-order valence-electron chi connectivity index (χ2n) is 4.57. The highest BCUT2D eigenvalue weighted by Crippen LogP contribution is 2.26. The molecule has 1 N–H and O–H groups in total. The van der Waals surface area contributed by atoms with Gasteiger partial charge >= 0.3 is 5.97 Å². The number of carbonyl (C=O) groups is 1. The Bertz CT molecular complexity index is 612. The lowest BCUT2D eigenvalue weighted by molar-refractivity contribution is 0.0688. The number of aryl methyl sites for hydroxylation is 1. The van der Waals surface area contributed by atoms with Crippen molar-refractivity contribution in [1.82, 2.24) is 19.6 Å². The van der Waals surface area contributed by atoms with E-state index in [1.54, 1.807) is 15.6 Å². The molecule has 2 heterocycles. The van der Waals surface area contributed by atoms with Gasteiger partial charge < -0.3 is 5.11 Å². The lowest BCUT2D eigenvalue weighted by atomic mass is 9.95. The van der Waals surface area contributed by atoms with Crippen molar-refractivity contribution in [3.05, 3.63) is 29.3 Å². The van der Waals surface area contributed by atoms with Crippen molar-refractivity contribution in [2.24, 2.45) is 7.05 Å². The number of aromatic nitrogens is 4. The van der Waals surface area contributed by atoms with Gasteiger partial charge in [0.1, 0.15) is 5.69 Å². The Hall–Kier alpha value is -2.11. The zero-order valence-electron chi connectivity index (χ0n) is 10.1. The molecular formula is C12H14N4O2. The van der Waals surface area contributed by atoms with Gasteiger partial charge in [0.05, 0.1) is 12.4 Å². The Kier molecular flexibility index (Phi) is 2.43. The molecule has 1 aliphatic rings. The first-order valence-corrected chi connectivity index (χ1v) is 6.00. The molecule has 0 atom stereocenters. The molecule has 0 unspecified atom stereocenters. The molecule has 6 nitrogen and oxygen atoms in total. The molecular weight excluding hydrogens is 232 g/mol. The minimum Gasteiger partial charge on any atom is -0.476 e. The Labute approximate surface area is 104 Å². The van der Waals surface area contributed by atoms with E-state index in [1.165, 1.54) is 0 Å². The van der Waals surface area contributed by atoms with Gasteiger partial charge in [-0.1, -0.05) is 0 Å². The van der Waals surface area contributed by atoms with Crippen LogP contribution in [0.4, 0.5) is 0 Å². The summed E-state index contributed by atoms with van der Waals surface area (Å²) in [7, 11) is 1.83. The predicted octanol–water partition coefficient (Wildman–Crippen LogP) is 1.18. The Morgan fingerprint density at radius 3 is 2.83 bits per heavy atom. The molecule has 0 aromatic carbocycles. The Morgan fingerprint density at radius 2 is 2.17 bits per heavy atom. The summed E-state index contributed by atoms with van der Waals surface area (Å²) >= 11 is 0. The molecule has 0 saturated heterocycles. The average Bonchev–Trinajstić information content (AvgIpc) is 2.92. The van der Waals surface area contributed by atoms with Gasteiger partial charge in [-0.2, -0.15) is 10.2 Å². The zero-order chi connectivity index (χ0) is 12.7. The number of hydrogen-bond donors (Lipinski definition) is 1. The van der Waals surface area contributed by atoms with Crippen LogP contribution in [0.3, 0.4) is 0 Å². The van der Waals surface area contributed by atoms with Gasteiger partial charge in [0.2, 0.25) is 0 Å². The quantitative estimate of drug-likeness (QED) is 0.863. The van der Waals surface area contributed by atoms with Crippen molar-refractivity contribution in [3.63, 3.8) is 0 Å². The van der Waals surface area contributed by atoms with Crippen LogP contribution in [-0.2, 0) is 19.9 Å². The molecule has 0 spiro atoms. The minimum absolute atomic E-state index is 0.188. The number of carboxylic acid groups (broad SMARTS) is 1. The highest BCUT2D eigenvalue weighted by Gasteiger charge is 2.25. The lowest BCUT2D eigenvalue weighted by Gasteiger charge is -2.12. The van der Waals surface area contributed by atoms with Crippen LogP contribution in [0.2, 0.25) is 0 Å². The molecule has 0 fully saturated rings. The van der Waals surface area contributed by atoms with Crippen LogP contribution in [0.5, 0.6) is 0 Å². The maximum Gasteiger partial charge on any atom is 0.356 e. The van der Waals surface area contributed by atoms with E-state index in [0.29, 0.717) is 0 Å². The van der Waals surface area contributed by atoms with E-state index in [2.05, 4.69) is 10.2 Å². The number of rotatable bonds is 2. The second kappa shape index (κ2) is 3.97. The molecule has 0 radical (unpaired) electrons. The standard InChI is InChI=1S/C12H14N4O2/c1-15-7-8(6-13-15)16-10-5-3-2-4-9(10)11(14-16)12(17)18/h6-7H,2-5H2,1H3,(H,17,18). The molecule has 18 heavy (non-hydrogen) atoms. The van der Waals surface area contributed by atoms with Gasteiger partial charge in [0.15, 0.2) is 5.69 Å². The first-order valence-electron chi connectivity index (χ1n) is 6.00. The summed E-state index contributed by atoms with van der Waals surface area (Å²) in [5, 5.41) is 17.6. The molecule has 6 heteroatoms. The van der Waals surface area contributed by atoms with Crippen molar-refractivity contribution in [2.45, 2.75) is 25.7 Å². The van der Waals surface area contributed by atoms with E-state index < -0.39 is 5.97 Å². The molecule has 94 valence electrons. The smallest absolute Gasteiger partial charge is 0.356 e. The van der Waals surface area contributed by atoms with E-state index in [0.717, 1.165) is 42.6 Å². The summed E-state index contributed by atoms with van der Waals surface area (Å²) < 4.78 is 3.41. The second-order valence-corrected chi connectivity index (χ2v) is 4.57. The molecule has 2 aromatic heterocycles. The summed E-state index contributed by atoms with van der Waals surface area (Å²) in [4.78, 5) is 11.2. The fourth-order valence-corrected chi connectivity index (χ4v) is 2.50. The minimum atomic E-state index is -0.948. The highest BCUT2D eigenvalue weighted by molar-refractivity contribution is 5.87. The maximum atomic E-state index is 11.2. The maximum absolute atomic E-state index is 11.2. The van der Waals surface area contributed by atoms with Crippen LogP contribution in [0.25, 0.3) is 5.69 Å². The van der Waals surface area contributed by atoms with Gasteiger partial charge in [0.25, 0.3) is 0 Å². The summed E-state index contributed by atoms with van der Waals surface area (Å²) in [6.45, 7) is 0. The number of carboxylic acids is 1. The molecule has 0 bridgehead atoms. The third-order valence-corrected chi connectivity index (χ3v) is 3.32. The van der Waals surface area contributed by atoms with E-state index in [-0.39, 0.29) is 5.69 Å². The van der Waals surface area contributed by atoms with E-state index >= 15 is 0 Å². The third-order valence-electron chi connectivity index (χ3n) is 3.32. The normalized spacial score (nSPS) is 14.5. The number of fused-ring (bicyclic) bond motifs is 1. The number of aromatic carboxylic acids is 1. The first kappa shape index (κ1) is 11.0. The number of nitrogens with zero attached hydrogens (tertiary/aromatic N) is 4.